The molecule has 0 aliphatic carbocycles. The highest BCUT2D eigenvalue weighted by Gasteiger charge is 2.22. The molecule has 16 heavy (non-hydrogen) atoms. The average Bonchev–Trinajstić information content (AvgIpc) is 2.42. The fraction of sp³-hybridized carbons (Fsp3) is 0.364. The molecule has 1 atom stereocenters. The van der Waals surface area contributed by atoms with Crippen LogP contribution in [0.2, 0.25) is 0 Å². The number of nitrogens with one attached hydrogen (secondary N) is 1. The third-order valence-corrected chi connectivity index (χ3v) is 3.12. The molecule has 4 nitrogen and oxygen atoms in total. The maximum absolute atomic E-state index is 10.8. The van der Waals surface area contributed by atoms with Gasteiger partial charge in [-0.3, -0.25) is 4.79 Å². The second-order valence-electron chi connectivity index (χ2n) is 3.61. The molecule has 0 spiro atoms. The molecule has 2 rings (SSSR count). The van der Waals surface area contributed by atoms with E-state index in [-0.39, 0.29) is 12.5 Å². The zero-order valence-corrected chi connectivity index (χ0v) is 10.2. The number of benzene rings is 1. The first kappa shape index (κ1) is 11.4. The number of carboxylic acids is 1. The normalized spacial score (nSPS) is 19.4. The first-order valence-electron chi connectivity index (χ1n) is 5.05. The van der Waals surface area contributed by atoms with Gasteiger partial charge in [-0.1, -0.05) is 12.1 Å². The van der Waals surface area contributed by atoms with Gasteiger partial charge in [0.15, 0.2) is 0 Å². The number of para-hydroxylation sites is 1. The van der Waals surface area contributed by atoms with E-state index in [1.807, 2.05) is 18.2 Å². The van der Waals surface area contributed by atoms with E-state index in [0.29, 0.717) is 13.2 Å². The fourth-order valence-electron chi connectivity index (χ4n) is 1.81. The van der Waals surface area contributed by atoms with Gasteiger partial charge in [-0.25, -0.2) is 0 Å². The van der Waals surface area contributed by atoms with Gasteiger partial charge in [-0.15, -0.1) is 0 Å². The second-order valence-corrected chi connectivity index (χ2v) is 4.47. The minimum absolute atomic E-state index is 0.0623. The van der Waals surface area contributed by atoms with Crippen LogP contribution in [0.25, 0.3) is 0 Å². The van der Waals surface area contributed by atoms with Crippen molar-refractivity contribution < 1.29 is 14.6 Å². The summed E-state index contributed by atoms with van der Waals surface area (Å²) in [5.41, 5.74) is 0.897. The summed E-state index contributed by atoms with van der Waals surface area (Å²) in [6.45, 7) is 1.20. The zero-order valence-electron chi connectivity index (χ0n) is 8.57. The highest BCUT2D eigenvalue weighted by molar-refractivity contribution is 9.10. The highest BCUT2D eigenvalue weighted by atomic mass is 79.9. The molecule has 1 aromatic rings. The standard InChI is InChI=1S/C11H12BrNO3/c12-8-3-1-2-7-9(6-10(14)15)13-4-5-16-11(7)8/h1-3,9,13H,4-6H2,(H,14,15). The molecule has 0 bridgehead atoms. The van der Waals surface area contributed by atoms with Crippen LogP contribution in [0.1, 0.15) is 18.0 Å². The summed E-state index contributed by atoms with van der Waals surface area (Å²) in [6, 6.07) is 5.48. The Morgan fingerprint density at radius 1 is 1.62 bits per heavy atom. The van der Waals surface area contributed by atoms with Gasteiger partial charge < -0.3 is 15.2 Å². The van der Waals surface area contributed by atoms with E-state index in [2.05, 4.69) is 21.2 Å². The quantitative estimate of drug-likeness (QED) is 0.872. The molecule has 0 radical (unpaired) electrons. The van der Waals surface area contributed by atoms with Gasteiger partial charge in [0.25, 0.3) is 0 Å². The molecule has 1 aliphatic heterocycles. The summed E-state index contributed by atoms with van der Waals surface area (Å²) in [7, 11) is 0. The molecule has 0 amide bonds. The molecule has 1 heterocycles. The third-order valence-electron chi connectivity index (χ3n) is 2.49. The Hall–Kier alpha value is -1.07. The van der Waals surface area contributed by atoms with E-state index < -0.39 is 5.97 Å². The van der Waals surface area contributed by atoms with Crippen molar-refractivity contribution in [2.24, 2.45) is 0 Å². The number of aliphatic carboxylic acids is 1. The smallest absolute Gasteiger partial charge is 0.305 e. The monoisotopic (exact) mass is 285 g/mol. The van der Waals surface area contributed by atoms with Crippen molar-refractivity contribution in [3.8, 4) is 5.75 Å². The van der Waals surface area contributed by atoms with Crippen LogP contribution in [0.5, 0.6) is 5.75 Å². The van der Waals surface area contributed by atoms with Gasteiger partial charge in [0.2, 0.25) is 0 Å². The van der Waals surface area contributed by atoms with E-state index in [0.717, 1.165) is 15.8 Å². The molecule has 0 fully saturated rings. The van der Waals surface area contributed by atoms with Gasteiger partial charge in [0.1, 0.15) is 12.4 Å². The van der Waals surface area contributed by atoms with Gasteiger partial charge in [0, 0.05) is 18.2 Å². The van der Waals surface area contributed by atoms with Crippen molar-refractivity contribution >= 4 is 21.9 Å². The molecule has 1 aromatic carbocycles. The second kappa shape index (κ2) is 4.84. The van der Waals surface area contributed by atoms with Crippen molar-refractivity contribution in [3.63, 3.8) is 0 Å². The van der Waals surface area contributed by atoms with Crippen LogP contribution >= 0.6 is 15.9 Å². The van der Waals surface area contributed by atoms with E-state index in [4.69, 9.17) is 9.84 Å². The molecular weight excluding hydrogens is 274 g/mol. The van der Waals surface area contributed by atoms with E-state index in [1.54, 1.807) is 0 Å². The predicted molar refractivity (Wildman–Crippen MR) is 62.6 cm³/mol. The summed E-state index contributed by atoms with van der Waals surface area (Å²) in [4.78, 5) is 10.8. The maximum atomic E-state index is 10.8. The van der Waals surface area contributed by atoms with E-state index in [1.165, 1.54) is 0 Å². The van der Waals surface area contributed by atoms with Crippen LogP contribution in [-0.4, -0.2) is 24.2 Å². The van der Waals surface area contributed by atoms with Crippen molar-refractivity contribution in [1.82, 2.24) is 5.32 Å². The highest BCUT2D eigenvalue weighted by Crippen LogP contribution is 2.35. The predicted octanol–water partition coefficient (Wildman–Crippen LogP) is 1.95. The number of carboxylic acid groups (broad SMARTS) is 1. The average molecular weight is 286 g/mol. The van der Waals surface area contributed by atoms with Gasteiger partial charge in [0.05, 0.1) is 10.9 Å². The summed E-state index contributed by atoms with van der Waals surface area (Å²) < 4.78 is 6.45. The lowest BCUT2D eigenvalue weighted by molar-refractivity contribution is -0.137. The first-order valence-corrected chi connectivity index (χ1v) is 5.84. The van der Waals surface area contributed by atoms with Crippen molar-refractivity contribution in [3.05, 3.63) is 28.2 Å². The van der Waals surface area contributed by atoms with Crippen LogP contribution in [0, 0.1) is 0 Å². The zero-order chi connectivity index (χ0) is 11.5. The van der Waals surface area contributed by atoms with E-state index in [9.17, 15) is 4.79 Å². The molecular formula is C11H12BrNO3. The largest absolute Gasteiger partial charge is 0.491 e. The topological polar surface area (TPSA) is 58.6 Å². The SMILES string of the molecule is O=C(O)CC1NCCOc2c(Br)cccc21. The lowest BCUT2D eigenvalue weighted by Gasteiger charge is -2.15. The van der Waals surface area contributed by atoms with Crippen molar-refractivity contribution in [2.75, 3.05) is 13.2 Å². The maximum Gasteiger partial charge on any atom is 0.305 e. The van der Waals surface area contributed by atoms with Gasteiger partial charge in [-0.05, 0) is 22.0 Å². The molecule has 0 saturated heterocycles. The number of halogens is 1. The van der Waals surface area contributed by atoms with Crippen molar-refractivity contribution in [2.45, 2.75) is 12.5 Å². The third kappa shape index (κ3) is 2.36. The molecule has 5 heteroatoms. The molecule has 1 aliphatic rings. The summed E-state index contributed by atoms with van der Waals surface area (Å²) >= 11 is 3.41. The number of carbonyl (C=O) groups is 1. The van der Waals surface area contributed by atoms with Crippen LogP contribution in [0.4, 0.5) is 0 Å². The van der Waals surface area contributed by atoms with Crippen LogP contribution in [-0.2, 0) is 4.79 Å². The summed E-state index contributed by atoms with van der Waals surface area (Å²) in [6.07, 6.45) is 0.0623. The Bertz CT molecular complexity index is 408. The Labute approximate surface area is 102 Å². The van der Waals surface area contributed by atoms with Crippen molar-refractivity contribution in [1.29, 1.82) is 0 Å². The summed E-state index contributed by atoms with van der Waals surface area (Å²) in [5.74, 6) is -0.0657. The number of ether oxygens (including phenoxy) is 1. The Balaban J connectivity index is 2.36. The lowest BCUT2D eigenvalue weighted by Crippen LogP contribution is -2.24. The van der Waals surface area contributed by atoms with Gasteiger partial charge >= 0.3 is 5.97 Å². The molecule has 86 valence electrons. The fourth-order valence-corrected chi connectivity index (χ4v) is 2.30. The van der Waals surface area contributed by atoms with Crippen LogP contribution in [0.3, 0.4) is 0 Å². The molecule has 1 unspecified atom stereocenters. The molecule has 0 aromatic heterocycles. The molecule has 0 saturated carbocycles. The Morgan fingerprint density at radius 3 is 3.19 bits per heavy atom. The number of hydrogen-bond donors (Lipinski definition) is 2. The minimum atomic E-state index is -0.815. The van der Waals surface area contributed by atoms with Crippen LogP contribution < -0.4 is 10.1 Å². The Morgan fingerprint density at radius 2 is 2.44 bits per heavy atom. The Kier molecular flexibility index (Phi) is 3.46. The summed E-state index contributed by atoms with van der Waals surface area (Å²) in [5, 5.41) is 12.0. The van der Waals surface area contributed by atoms with Crippen LogP contribution in [0.15, 0.2) is 22.7 Å². The lowest BCUT2D eigenvalue weighted by atomic mass is 10.0. The number of fused-ring (bicyclic) bond motifs is 1. The molecule has 2 N–H and O–H groups in total. The van der Waals surface area contributed by atoms with Gasteiger partial charge in [-0.2, -0.15) is 0 Å². The number of hydrogen-bond acceptors (Lipinski definition) is 3. The minimum Gasteiger partial charge on any atom is -0.491 e. The van der Waals surface area contributed by atoms with E-state index >= 15 is 0 Å². The first-order chi connectivity index (χ1) is 7.68. The number of rotatable bonds is 2.